The van der Waals surface area contributed by atoms with Gasteiger partial charge >= 0.3 is 0 Å². The summed E-state index contributed by atoms with van der Waals surface area (Å²) in [4.78, 5) is 13.4. The van der Waals surface area contributed by atoms with Crippen LogP contribution in [-0.2, 0) is 4.79 Å². The van der Waals surface area contributed by atoms with Crippen molar-refractivity contribution in [2.45, 2.75) is 20.3 Å². The molecule has 1 saturated carbocycles. The molecule has 0 bridgehead atoms. The lowest BCUT2D eigenvalue weighted by molar-refractivity contribution is -0.131. The van der Waals surface area contributed by atoms with Crippen LogP contribution in [-0.4, -0.2) is 29.7 Å². The standard InChI is InChI=1S/C9H16BrNO/c1-9(2)6-7(9)8(12)11(3)5-4-10/h7H,4-6H2,1-3H3. The first-order chi connectivity index (χ1) is 5.49. The summed E-state index contributed by atoms with van der Waals surface area (Å²) in [6.07, 6.45) is 1.05. The van der Waals surface area contributed by atoms with E-state index < -0.39 is 0 Å². The summed E-state index contributed by atoms with van der Waals surface area (Å²) in [6, 6.07) is 0. The number of carbonyl (C=O) groups is 1. The molecule has 0 saturated heterocycles. The third-order valence-electron chi connectivity index (χ3n) is 2.61. The van der Waals surface area contributed by atoms with Crippen molar-refractivity contribution >= 4 is 21.8 Å². The fourth-order valence-corrected chi connectivity index (χ4v) is 1.92. The lowest BCUT2D eigenvalue weighted by atomic mass is 10.1. The molecule has 0 aromatic rings. The molecule has 1 aliphatic carbocycles. The maximum absolute atomic E-state index is 11.6. The zero-order valence-corrected chi connectivity index (χ0v) is 9.52. The Morgan fingerprint density at radius 3 is 2.50 bits per heavy atom. The van der Waals surface area contributed by atoms with Crippen molar-refractivity contribution in [2.24, 2.45) is 11.3 Å². The molecule has 3 heteroatoms. The quantitative estimate of drug-likeness (QED) is 0.683. The van der Waals surface area contributed by atoms with E-state index in [0.717, 1.165) is 18.3 Å². The van der Waals surface area contributed by atoms with Crippen LogP contribution >= 0.6 is 15.9 Å². The van der Waals surface area contributed by atoms with Crippen LogP contribution in [0.1, 0.15) is 20.3 Å². The molecule has 0 heterocycles. The summed E-state index contributed by atoms with van der Waals surface area (Å²) in [6.45, 7) is 5.11. The summed E-state index contributed by atoms with van der Waals surface area (Å²) >= 11 is 3.32. The third-order valence-corrected chi connectivity index (χ3v) is 2.96. The second kappa shape index (κ2) is 3.36. The van der Waals surface area contributed by atoms with Gasteiger partial charge in [0.15, 0.2) is 0 Å². The van der Waals surface area contributed by atoms with Gasteiger partial charge in [0.05, 0.1) is 0 Å². The Bertz CT molecular complexity index is 191. The lowest BCUT2D eigenvalue weighted by Crippen LogP contribution is -2.30. The van der Waals surface area contributed by atoms with Crippen molar-refractivity contribution in [1.29, 1.82) is 0 Å². The molecule has 1 rings (SSSR count). The highest BCUT2D eigenvalue weighted by Crippen LogP contribution is 2.52. The second-order valence-electron chi connectivity index (χ2n) is 4.19. The Labute approximate surface area is 82.4 Å². The molecule has 0 N–H and O–H groups in total. The normalized spacial score (nSPS) is 25.2. The number of hydrogen-bond acceptors (Lipinski definition) is 1. The number of nitrogens with zero attached hydrogens (tertiary/aromatic N) is 1. The highest BCUT2D eigenvalue weighted by molar-refractivity contribution is 9.09. The van der Waals surface area contributed by atoms with Gasteiger partial charge in [-0.25, -0.2) is 0 Å². The minimum atomic E-state index is 0.262. The number of rotatable bonds is 3. The number of amides is 1. The SMILES string of the molecule is CN(CCBr)C(=O)C1CC1(C)C. The number of halogens is 1. The molecule has 0 radical (unpaired) electrons. The van der Waals surface area contributed by atoms with Crippen LogP contribution in [0.15, 0.2) is 0 Å². The largest absolute Gasteiger partial charge is 0.345 e. The van der Waals surface area contributed by atoms with Gasteiger partial charge in [-0.1, -0.05) is 29.8 Å². The molecule has 1 aliphatic rings. The molecule has 1 atom stereocenters. The van der Waals surface area contributed by atoms with Crippen molar-refractivity contribution in [3.8, 4) is 0 Å². The Morgan fingerprint density at radius 1 is 1.67 bits per heavy atom. The van der Waals surface area contributed by atoms with E-state index in [0.29, 0.717) is 5.91 Å². The number of carbonyl (C=O) groups excluding carboxylic acids is 1. The van der Waals surface area contributed by atoms with E-state index in [-0.39, 0.29) is 11.3 Å². The van der Waals surface area contributed by atoms with Gasteiger partial charge in [-0.15, -0.1) is 0 Å². The van der Waals surface area contributed by atoms with E-state index in [1.807, 2.05) is 11.9 Å². The molecular formula is C9H16BrNO. The molecule has 1 fully saturated rings. The maximum Gasteiger partial charge on any atom is 0.226 e. The summed E-state index contributed by atoms with van der Waals surface area (Å²) in [5, 5.41) is 0.863. The van der Waals surface area contributed by atoms with Crippen molar-refractivity contribution in [1.82, 2.24) is 4.90 Å². The molecule has 1 unspecified atom stereocenters. The van der Waals surface area contributed by atoms with Gasteiger partial charge in [0.25, 0.3) is 0 Å². The van der Waals surface area contributed by atoms with Gasteiger partial charge < -0.3 is 4.90 Å². The van der Waals surface area contributed by atoms with Gasteiger partial charge in [-0.05, 0) is 11.8 Å². The van der Waals surface area contributed by atoms with Gasteiger partial charge in [0, 0.05) is 24.8 Å². The second-order valence-corrected chi connectivity index (χ2v) is 4.99. The molecule has 1 amide bonds. The highest BCUT2D eigenvalue weighted by Gasteiger charge is 2.51. The van der Waals surface area contributed by atoms with Gasteiger partial charge in [0.1, 0.15) is 0 Å². The molecule has 0 aromatic heterocycles. The molecule has 2 nitrogen and oxygen atoms in total. The van der Waals surface area contributed by atoms with Crippen molar-refractivity contribution in [3.05, 3.63) is 0 Å². The number of alkyl halides is 1. The Balaban J connectivity index is 2.39. The van der Waals surface area contributed by atoms with Gasteiger partial charge in [0.2, 0.25) is 5.91 Å². The first kappa shape index (κ1) is 10.0. The Morgan fingerprint density at radius 2 is 2.17 bits per heavy atom. The van der Waals surface area contributed by atoms with Gasteiger partial charge in [-0.3, -0.25) is 4.79 Å². The predicted molar refractivity (Wildman–Crippen MR) is 53.3 cm³/mol. The third kappa shape index (κ3) is 2.00. The van der Waals surface area contributed by atoms with E-state index >= 15 is 0 Å². The Kier molecular flexibility index (Phi) is 2.81. The number of hydrogen-bond donors (Lipinski definition) is 0. The topological polar surface area (TPSA) is 20.3 Å². The molecule has 12 heavy (non-hydrogen) atoms. The van der Waals surface area contributed by atoms with Crippen LogP contribution in [0, 0.1) is 11.3 Å². The highest BCUT2D eigenvalue weighted by atomic mass is 79.9. The van der Waals surface area contributed by atoms with E-state index in [2.05, 4.69) is 29.8 Å². The molecule has 70 valence electrons. The lowest BCUT2D eigenvalue weighted by Gasteiger charge is -2.16. The van der Waals surface area contributed by atoms with E-state index in [1.54, 1.807) is 0 Å². The fraction of sp³-hybridized carbons (Fsp3) is 0.889. The fourth-order valence-electron chi connectivity index (χ4n) is 1.39. The maximum atomic E-state index is 11.6. The monoisotopic (exact) mass is 233 g/mol. The van der Waals surface area contributed by atoms with Crippen LogP contribution in [0.3, 0.4) is 0 Å². The summed E-state index contributed by atoms with van der Waals surface area (Å²) in [5.74, 6) is 0.584. The zero-order valence-electron chi connectivity index (χ0n) is 7.93. The van der Waals surface area contributed by atoms with Crippen molar-refractivity contribution in [3.63, 3.8) is 0 Å². The van der Waals surface area contributed by atoms with Crippen LogP contribution in [0.2, 0.25) is 0 Å². The van der Waals surface area contributed by atoms with Crippen LogP contribution < -0.4 is 0 Å². The average Bonchev–Trinajstić information content (AvgIpc) is 2.59. The first-order valence-electron chi connectivity index (χ1n) is 4.30. The van der Waals surface area contributed by atoms with Crippen LogP contribution in [0.4, 0.5) is 0 Å². The van der Waals surface area contributed by atoms with Crippen molar-refractivity contribution in [2.75, 3.05) is 18.9 Å². The minimum absolute atomic E-state index is 0.262. The minimum Gasteiger partial charge on any atom is -0.345 e. The summed E-state index contributed by atoms with van der Waals surface area (Å²) in [7, 11) is 1.87. The van der Waals surface area contributed by atoms with Crippen LogP contribution in [0.5, 0.6) is 0 Å². The molecule has 0 spiro atoms. The predicted octanol–water partition coefficient (Wildman–Crippen LogP) is 1.89. The smallest absolute Gasteiger partial charge is 0.226 e. The Hall–Kier alpha value is -0.0500. The summed E-state index contributed by atoms with van der Waals surface area (Å²) < 4.78 is 0. The summed E-state index contributed by atoms with van der Waals surface area (Å²) in [5.41, 5.74) is 0.262. The first-order valence-corrected chi connectivity index (χ1v) is 5.42. The molecular weight excluding hydrogens is 218 g/mol. The van der Waals surface area contributed by atoms with E-state index in [9.17, 15) is 4.79 Å². The van der Waals surface area contributed by atoms with E-state index in [4.69, 9.17) is 0 Å². The van der Waals surface area contributed by atoms with E-state index in [1.165, 1.54) is 0 Å². The molecule has 0 aliphatic heterocycles. The molecule has 0 aromatic carbocycles. The van der Waals surface area contributed by atoms with Gasteiger partial charge in [-0.2, -0.15) is 0 Å². The average molecular weight is 234 g/mol. The zero-order chi connectivity index (χ0) is 9.35. The van der Waals surface area contributed by atoms with Crippen LogP contribution in [0.25, 0.3) is 0 Å². The van der Waals surface area contributed by atoms with Crippen molar-refractivity contribution < 1.29 is 4.79 Å².